The van der Waals surface area contributed by atoms with E-state index in [0.717, 1.165) is 44.7 Å². The van der Waals surface area contributed by atoms with Crippen LogP contribution in [0.15, 0.2) is 4.99 Å². The fourth-order valence-electron chi connectivity index (χ4n) is 2.51. The van der Waals surface area contributed by atoms with Crippen LogP contribution in [0.5, 0.6) is 0 Å². The van der Waals surface area contributed by atoms with Gasteiger partial charge in [-0.25, -0.2) is 0 Å². The van der Waals surface area contributed by atoms with E-state index in [9.17, 15) is 0 Å². The van der Waals surface area contributed by atoms with Gasteiger partial charge in [-0.1, -0.05) is 0 Å². The summed E-state index contributed by atoms with van der Waals surface area (Å²) in [6.45, 7) is 11.3. The van der Waals surface area contributed by atoms with E-state index in [4.69, 9.17) is 4.74 Å². The largest absolute Gasteiger partial charge is 0.381 e. The van der Waals surface area contributed by atoms with Gasteiger partial charge in [-0.15, -0.1) is 24.0 Å². The Labute approximate surface area is 153 Å². The summed E-state index contributed by atoms with van der Waals surface area (Å²) in [5.41, 5.74) is 0.167. The highest BCUT2D eigenvalue weighted by molar-refractivity contribution is 14.0. The number of rotatable bonds is 6. The number of nitrogens with zero attached hydrogens (tertiary/aromatic N) is 2. The van der Waals surface area contributed by atoms with Gasteiger partial charge in [0, 0.05) is 52.5 Å². The second kappa shape index (κ2) is 11.5. The molecule has 0 bridgehead atoms. The highest BCUT2D eigenvalue weighted by atomic mass is 127. The predicted octanol–water partition coefficient (Wildman–Crippen LogP) is 2.32. The zero-order valence-corrected chi connectivity index (χ0v) is 17.3. The monoisotopic (exact) mass is 426 g/mol. The first-order chi connectivity index (χ1) is 9.92. The van der Waals surface area contributed by atoms with Gasteiger partial charge in [-0.05, 0) is 46.0 Å². The normalized spacial score (nSPS) is 17.0. The molecule has 1 aliphatic heterocycles. The average molecular weight is 426 g/mol. The lowest BCUT2D eigenvalue weighted by Gasteiger charge is -2.27. The molecular formula is C16H35IN4O. The van der Waals surface area contributed by atoms with Gasteiger partial charge in [0.1, 0.15) is 0 Å². The highest BCUT2D eigenvalue weighted by Gasteiger charge is 2.15. The minimum absolute atomic E-state index is 0. The van der Waals surface area contributed by atoms with Gasteiger partial charge in [0.05, 0.1) is 0 Å². The number of hydrogen-bond acceptors (Lipinski definition) is 3. The molecule has 0 spiro atoms. The molecule has 0 aromatic carbocycles. The Kier molecular flexibility index (Phi) is 11.4. The summed E-state index contributed by atoms with van der Waals surface area (Å²) in [5.74, 6) is 1.79. The smallest absolute Gasteiger partial charge is 0.193 e. The third-order valence-corrected chi connectivity index (χ3v) is 3.85. The number of hydrogen-bond donors (Lipinski definition) is 2. The standard InChI is InChI=1S/C16H34N4O.HI/c1-16(2,3)19-10-9-18-15(17-4)20(5)11-6-14-7-12-21-13-8-14;/h14,19H,6-13H2,1-5H3,(H,17,18);1H. The molecule has 22 heavy (non-hydrogen) atoms. The summed E-state index contributed by atoms with van der Waals surface area (Å²) in [7, 11) is 3.97. The molecule has 0 saturated carbocycles. The zero-order valence-electron chi connectivity index (χ0n) is 14.9. The topological polar surface area (TPSA) is 48.9 Å². The fraction of sp³-hybridized carbons (Fsp3) is 0.938. The quantitative estimate of drug-likeness (QED) is 0.296. The van der Waals surface area contributed by atoms with Crippen molar-refractivity contribution in [3.8, 4) is 0 Å². The zero-order chi connectivity index (χ0) is 15.7. The van der Waals surface area contributed by atoms with Crippen LogP contribution in [0.1, 0.15) is 40.0 Å². The molecule has 0 aromatic rings. The molecule has 5 nitrogen and oxygen atoms in total. The summed E-state index contributed by atoms with van der Waals surface area (Å²) >= 11 is 0. The second-order valence-corrected chi connectivity index (χ2v) is 6.92. The van der Waals surface area contributed by atoms with Crippen LogP contribution in [-0.2, 0) is 4.74 Å². The Balaban J connectivity index is 0.00000441. The van der Waals surface area contributed by atoms with E-state index in [1.807, 2.05) is 7.05 Å². The lowest BCUT2D eigenvalue weighted by Crippen LogP contribution is -2.45. The van der Waals surface area contributed by atoms with Gasteiger partial charge < -0.3 is 20.3 Å². The van der Waals surface area contributed by atoms with Gasteiger partial charge in [-0.3, -0.25) is 4.99 Å². The van der Waals surface area contributed by atoms with Crippen molar-refractivity contribution in [2.45, 2.75) is 45.6 Å². The van der Waals surface area contributed by atoms with Crippen LogP contribution in [0.2, 0.25) is 0 Å². The van der Waals surface area contributed by atoms with Crippen molar-refractivity contribution in [3.05, 3.63) is 0 Å². The van der Waals surface area contributed by atoms with E-state index >= 15 is 0 Å². The van der Waals surface area contributed by atoms with Crippen LogP contribution < -0.4 is 10.6 Å². The van der Waals surface area contributed by atoms with Crippen molar-refractivity contribution >= 4 is 29.9 Å². The van der Waals surface area contributed by atoms with Crippen LogP contribution in [0.3, 0.4) is 0 Å². The van der Waals surface area contributed by atoms with Crippen molar-refractivity contribution in [2.24, 2.45) is 10.9 Å². The number of nitrogens with one attached hydrogen (secondary N) is 2. The van der Waals surface area contributed by atoms with Crippen LogP contribution in [0, 0.1) is 5.92 Å². The lowest BCUT2D eigenvalue weighted by atomic mass is 9.96. The van der Waals surface area contributed by atoms with Gasteiger partial charge in [0.25, 0.3) is 0 Å². The molecule has 1 saturated heterocycles. The van der Waals surface area contributed by atoms with Crippen molar-refractivity contribution in [3.63, 3.8) is 0 Å². The van der Waals surface area contributed by atoms with E-state index in [0.29, 0.717) is 0 Å². The highest BCUT2D eigenvalue weighted by Crippen LogP contribution is 2.18. The number of halogens is 1. The van der Waals surface area contributed by atoms with Crippen LogP contribution in [0.4, 0.5) is 0 Å². The summed E-state index contributed by atoms with van der Waals surface area (Å²) in [6.07, 6.45) is 3.63. The molecule has 1 heterocycles. The van der Waals surface area contributed by atoms with Gasteiger partial charge in [0.15, 0.2) is 5.96 Å². The molecule has 1 aliphatic rings. The summed E-state index contributed by atoms with van der Waals surface area (Å²) in [4.78, 5) is 6.59. The van der Waals surface area contributed by atoms with E-state index in [-0.39, 0.29) is 29.5 Å². The van der Waals surface area contributed by atoms with Crippen LogP contribution in [0.25, 0.3) is 0 Å². The molecule has 6 heteroatoms. The Morgan fingerprint density at radius 1 is 1.23 bits per heavy atom. The maximum Gasteiger partial charge on any atom is 0.193 e. The maximum absolute atomic E-state index is 5.41. The van der Waals surface area contributed by atoms with Crippen molar-refractivity contribution in [1.29, 1.82) is 0 Å². The SMILES string of the molecule is CN=C(NCCNC(C)(C)C)N(C)CCC1CCOCC1.I. The molecule has 0 radical (unpaired) electrons. The van der Waals surface area contributed by atoms with Gasteiger partial charge in [-0.2, -0.15) is 0 Å². The minimum atomic E-state index is 0. The van der Waals surface area contributed by atoms with Crippen LogP contribution in [-0.4, -0.2) is 63.3 Å². The first-order valence-electron chi connectivity index (χ1n) is 8.17. The predicted molar refractivity (Wildman–Crippen MR) is 105 cm³/mol. The Morgan fingerprint density at radius 3 is 2.41 bits per heavy atom. The van der Waals surface area contributed by atoms with Gasteiger partial charge in [0.2, 0.25) is 0 Å². The summed E-state index contributed by atoms with van der Waals surface area (Å²) in [6, 6.07) is 0. The second-order valence-electron chi connectivity index (χ2n) is 6.92. The first-order valence-corrected chi connectivity index (χ1v) is 8.17. The van der Waals surface area contributed by atoms with Crippen molar-refractivity contribution < 1.29 is 4.74 Å². The van der Waals surface area contributed by atoms with Crippen molar-refractivity contribution in [2.75, 3.05) is 46.9 Å². The molecule has 0 atom stereocenters. The molecule has 1 fully saturated rings. The third-order valence-electron chi connectivity index (χ3n) is 3.85. The molecular weight excluding hydrogens is 391 g/mol. The summed E-state index contributed by atoms with van der Waals surface area (Å²) in [5, 5.41) is 6.89. The molecule has 0 aromatic heterocycles. The van der Waals surface area contributed by atoms with E-state index < -0.39 is 0 Å². The van der Waals surface area contributed by atoms with Crippen LogP contribution >= 0.6 is 24.0 Å². The number of guanidine groups is 1. The molecule has 0 amide bonds. The first kappa shape index (κ1) is 21.9. The molecule has 0 aliphatic carbocycles. The van der Waals surface area contributed by atoms with Gasteiger partial charge >= 0.3 is 0 Å². The lowest BCUT2D eigenvalue weighted by molar-refractivity contribution is 0.0625. The van der Waals surface area contributed by atoms with E-state index in [2.05, 4.69) is 48.3 Å². The van der Waals surface area contributed by atoms with E-state index in [1.54, 1.807) is 0 Å². The summed E-state index contributed by atoms with van der Waals surface area (Å²) < 4.78 is 5.41. The fourth-order valence-corrected chi connectivity index (χ4v) is 2.51. The molecule has 1 rings (SSSR count). The molecule has 132 valence electrons. The average Bonchev–Trinajstić information content (AvgIpc) is 2.45. The minimum Gasteiger partial charge on any atom is -0.381 e. The van der Waals surface area contributed by atoms with E-state index in [1.165, 1.54) is 19.3 Å². The Hall–Kier alpha value is -0.0800. The Morgan fingerprint density at radius 2 is 1.86 bits per heavy atom. The Bertz CT molecular complexity index is 312. The molecule has 0 unspecified atom stereocenters. The van der Waals surface area contributed by atoms with Crippen molar-refractivity contribution in [1.82, 2.24) is 15.5 Å². The third kappa shape index (κ3) is 9.84. The molecule has 2 N–H and O–H groups in total. The number of ether oxygens (including phenoxy) is 1. The number of aliphatic imine (C=N–C) groups is 1. The maximum atomic E-state index is 5.41.